The summed E-state index contributed by atoms with van der Waals surface area (Å²) in [5.41, 5.74) is 1.26. The van der Waals surface area contributed by atoms with Crippen LogP contribution in [-0.2, 0) is 6.54 Å². The van der Waals surface area contributed by atoms with Gasteiger partial charge in [0.2, 0.25) is 16.9 Å². The normalized spacial score (nSPS) is 14.6. The first kappa shape index (κ1) is 24.8. The monoisotopic (exact) mass is 468 g/mol. The van der Waals surface area contributed by atoms with Crippen molar-refractivity contribution in [3.8, 4) is 28.6 Å². The molecule has 0 saturated carbocycles. The standard InChI is InChI=1S/C22H24N2O5.2ClH/c1-23-9-11-24(12-10-23)13-14-3-5-15(6-4-14)20-19(27)18(26)16-7-8-17(25)22(28-2)21(16)29-20;;/h3-8,25,27H,9-13H2,1-2H3;2*1H. The molecule has 0 amide bonds. The van der Waals surface area contributed by atoms with Crippen LogP contribution in [0, 0.1) is 0 Å². The first-order valence-electron chi connectivity index (χ1n) is 9.54. The molecule has 2 heterocycles. The van der Waals surface area contributed by atoms with E-state index in [1.807, 2.05) is 24.3 Å². The van der Waals surface area contributed by atoms with Crippen LogP contribution in [0.1, 0.15) is 5.56 Å². The lowest BCUT2D eigenvalue weighted by molar-refractivity contribution is 0.148. The molecule has 2 N–H and O–H groups in total. The van der Waals surface area contributed by atoms with Crippen molar-refractivity contribution >= 4 is 35.8 Å². The average Bonchev–Trinajstić information content (AvgIpc) is 2.73. The molecule has 0 unspecified atom stereocenters. The van der Waals surface area contributed by atoms with Crippen LogP contribution in [-0.4, -0.2) is 60.3 Å². The van der Waals surface area contributed by atoms with Gasteiger partial charge in [0.05, 0.1) is 12.5 Å². The van der Waals surface area contributed by atoms with E-state index >= 15 is 0 Å². The number of aromatic hydroxyl groups is 2. The summed E-state index contributed by atoms with van der Waals surface area (Å²) >= 11 is 0. The SMILES string of the molecule is COc1c(O)ccc2c(=O)c(O)c(-c3ccc(CN4CCN(C)CC4)cc3)oc12.Cl.Cl. The minimum Gasteiger partial charge on any atom is -0.504 e. The Morgan fingerprint density at radius 1 is 1.00 bits per heavy atom. The summed E-state index contributed by atoms with van der Waals surface area (Å²) in [7, 11) is 3.51. The lowest BCUT2D eigenvalue weighted by Gasteiger charge is -2.32. The second-order valence-corrected chi connectivity index (χ2v) is 7.38. The number of methoxy groups -OCH3 is 1. The summed E-state index contributed by atoms with van der Waals surface area (Å²) in [5.74, 6) is -0.482. The highest BCUT2D eigenvalue weighted by Gasteiger charge is 2.20. The molecule has 1 fully saturated rings. The third kappa shape index (κ3) is 4.91. The van der Waals surface area contributed by atoms with E-state index < -0.39 is 11.2 Å². The molecule has 0 atom stereocenters. The molecule has 31 heavy (non-hydrogen) atoms. The number of hydrogen-bond donors (Lipinski definition) is 2. The van der Waals surface area contributed by atoms with Crippen LogP contribution in [0.4, 0.5) is 0 Å². The van der Waals surface area contributed by atoms with Crippen LogP contribution in [0.5, 0.6) is 17.2 Å². The largest absolute Gasteiger partial charge is 0.504 e. The topological polar surface area (TPSA) is 86.4 Å². The number of phenolic OH excluding ortho intramolecular Hbond substituents is 1. The average molecular weight is 469 g/mol. The summed E-state index contributed by atoms with van der Waals surface area (Å²) in [6.07, 6.45) is 0. The lowest BCUT2D eigenvalue weighted by atomic mass is 10.1. The Hall–Kier alpha value is -2.45. The number of benzene rings is 2. The van der Waals surface area contributed by atoms with Crippen LogP contribution in [0.15, 0.2) is 45.6 Å². The first-order valence-corrected chi connectivity index (χ1v) is 9.54. The minimum absolute atomic E-state index is 0. The predicted molar refractivity (Wildman–Crippen MR) is 125 cm³/mol. The zero-order valence-corrected chi connectivity index (χ0v) is 19.0. The van der Waals surface area contributed by atoms with E-state index in [1.54, 1.807) is 0 Å². The number of likely N-dealkylation sites (N-methyl/N-ethyl adjacent to an activating group) is 1. The highest BCUT2D eigenvalue weighted by molar-refractivity contribution is 5.88. The van der Waals surface area contributed by atoms with Gasteiger partial charge in [-0.2, -0.15) is 0 Å². The number of rotatable bonds is 4. The van der Waals surface area contributed by atoms with E-state index in [0.717, 1.165) is 38.3 Å². The van der Waals surface area contributed by atoms with E-state index in [1.165, 1.54) is 19.2 Å². The van der Waals surface area contributed by atoms with Gasteiger partial charge >= 0.3 is 0 Å². The van der Waals surface area contributed by atoms with E-state index in [-0.39, 0.29) is 53.0 Å². The van der Waals surface area contributed by atoms with Gasteiger partial charge in [-0.25, -0.2) is 0 Å². The molecule has 0 radical (unpaired) electrons. The van der Waals surface area contributed by atoms with Crippen molar-refractivity contribution in [1.29, 1.82) is 0 Å². The second kappa shape index (κ2) is 10.2. The summed E-state index contributed by atoms with van der Waals surface area (Å²) < 4.78 is 11.0. The Bertz CT molecular complexity index is 1090. The summed E-state index contributed by atoms with van der Waals surface area (Å²) in [4.78, 5) is 17.3. The number of ether oxygens (including phenoxy) is 1. The third-order valence-electron chi connectivity index (χ3n) is 5.39. The maximum absolute atomic E-state index is 12.6. The van der Waals surface area contributed by atoms with Crippen molar-refractivity contribution in [2.75, 3.05) is 40.3 Å². The molecular weight excluding hydrogens is 443 g/mol. The zero-order chi connectivity index (χ0) is 20.5. The number of fused-ring (bicyclic) bond motifs is 1. The summed E-state index contributed by atoms with van der Waals surface area (Å²) in [6.45, 7) is 5.03. The van der Waals surface area contributed by atoms with Crippen molar-refractivity contribution in [2.24, 2.45) is 0 Å². The fourth-order valence-corrected chi connectivity index (χ4v) is 3.63. The van der Waals surface area contributed by atoms with Gasteiger partial charge in [0.15, 0.2) is 17.1 Å². The molecule has 3 aromatic rings. The maximum atomic E-state index is 12.6. The highest BCUT2D eigenvalue weighted by atomic mass is 35.5. The molecule has 1 aliphatic rings. The molecule has 9 heteroatoms. The second-order valence-electron chi connectivity index (χ2n) is 7.38. The highest BCUT2D eigenvalue weighted by Crippen LogP contribution is 2.38. The van der Waals surface area contributed by atoms with Crippen LogP contribution < -0.4 is 10.2 Å². The number of halogens is 2. The molecule has 7 nitrogen and oxygen atoms in total. The van der Waals surface area contributed by atoms with Crippen LogP contribution in [0.2, 0.25) is 0 Å². The Kier molecular flexibility index (Phi) is 8.20. The first-order chi connectivity index (χ1) is 14.0. The number of nitrogens with zero attached hydrogens (tertiary/aromatic N) is 2. The number of hydrogen-bond acceptors (Lipinski definition) is 7. The fraction of sp³-hybridized carbons (Fsp3) is 0.318. The van der Waals surface area contributed by atoms with Gasteiger partial charge in [0, 0.05) is 38.3 Å². The van der Waals surface area contributed by atoms with Crippen molar-refractivity contribution < 1.29 is 19.4 Å². The quantitative estimate of drug-likeness (QED) is 0.605. The van der Waals surface area contributed by atoms with Crippen LogP contribution in [0.25, 0.3) is 22.3 Å². The maximum Gasteiger partial charge on any atom is 0.235 e. The Balaban J connectivity index is 0.00000171. The van der Waals surface area contributed by atoms with Crippen LogP contribution in [0.3, 0.4) is 0 Å². The molecular formula is C22H26Cl2N2O5. The lowest BCUT2D eigenvalue weighted by Crippen LogP contribution is -2.43. The molecule has 1 aliphatic heterocycles. The summed E-state index contributed by atoms with van der Waals surface area (Å²) in [5, 5.41) is 20.5. The van der Waals surface area contributed by atoms with Gasteiger partial charge in [0.25, 0.3) is 0 Å². The van der Waals surface area contributed by atoms with Gasteiger partial charge in [0.1, 0.15) is 0 Å². The van der Waals surface area contributed by atoms with Gasteiger partial charge in [-0.3, -0.25) is 9.69 Å². The van der Waals surface area contributed by atoms with E-state index in [9.17, 15) is 15.0 Å². The van der Waals surface area contributed by atoms with Crippen molar-refractivity contribution in [3.63, 3.8) is 0 Å². The zero-order valence-electron chi connectivity index (χ0n) is 17.3. The Labute approximate surface area is 192 Å². The van der Waals surface area contributed by atoms with Crippen molar-refractivity contribution in [1.82, 2.24) is 9.80 Å². The van der Waals surface area contributed by atoms with Crippen molar-refractivity contribution in [3.05, 3.63) is 52.2 Å². The molecule has 2 aromatic carbocycles. The number of phenols is 1. The van der Waals surface area contributed by atoms with E-state index in [2.05, 4.69) is 16.8 Å². The minimum atomic E-state index is -0.568. The van der Waals surface area contributed by atoms with Gasteiger partial charge in [-0.15, -0.1) is 24.8 Å². The van der Waals surface area contributed by atoms with E-state index in [0.29, 0.717) is 5.56 Å². The molecule has 0 bridgehead atoms. The predicted octanol–water partition coefficient (Wildman–Crippen LogP) is 3.47. The number of piperazine rings is 1. The van der Waals surface area contributed by atoms with Crippen molar-refractivity contribution in [2.45, 2.75) is 6.54 Å². The molecule has 168 valence electrons. The Morgan fingerprint density at radius 2 is 1.65 bits per heavy atom. The molecule has 1 saturated heterocycles. The fourth-order valence-electron chi connectivity index (χ4n) is 3.63. The van der Waals surface area contributed by atoms with Gasteiger partial charge in [-0.1, -0.05) is 24.3 Å². The third-order valence-corrected chi connectivity index (χ3v) is 5.39. The molecule has 4 rings (SSSR count). The summed E-state index contributed by atoms with van der Waals surface area (Å²) in [6, 6.07) is 10.3. The molecule has 0 aliphatic carbocycles. The molecule has 0 spiro atoms. The Morgan fingerprint density at radius 3 is 2.26 bits per heavy atom. The van der Waals surface area contributed by atoms with Crippen LogP contribution >= 0.6 is 24.8 Å². The van der Waals surface area contributed by atoms with Gasteiger partial charge in [-0.05, 0) is 24.7 Å². The smallest absolute Gasteiger partial charge is 0.235 e. The van der Waals surface area contributed by atoms with Gasteiger partial charge < -0.3 is 24.3 Å². The van der Waals surface area contributed by atoms with E-state index in [4.69, 9.17) is 9.15 Å². The molecule has 1 aromatic heterocycles.